The summed E-state index contributed by atoms with van der Waals surface area (Å²) in [7, 11) is 0. The minimum atomic E-state index is -0.491. The van der Waals surface area contributed by atoms with Crippen molar-refractivity contribution in [2.24, 2.45) is 0 Å². The first-order chi connectivity index (χ1) is 15.3. The number of aromatic nitrogens is 2. The van der Waals surface area contributed by atoms with Crippen molar-refractivity contribution in [1.82, 2.24) is 9.55 Å². The van der Waals surface area contributed by atoms with Crippen LogP contribution in [0.15, 0.2) is 41.3 Å². The standard InChI is InChI=1S/C24H25N5O2S/c1-5-10-29-15(2)11-19(16(29)3)12-20(13-25)23(31)28-24-27-22(14-32-24)18-6-8-21(9-7-18)26-17(4)30/h6-9,11-12,14H,5,10H2,1-4H3,(H,26,30)(H,27,28,31)/b20-12+. The largest absolute Gasteiger partial charge is 0.349 e. The summed E-state index contributed by atoms with van der Waals surface area (Å²) in [5.41, 5.74) is 5.28. The summed E-state index contributed by atoms with van der Waals surface area (Å²) in [5.74, 6) is -0.625. The Kier molecular flexibility index (Phi) is 7.23. The van der Waals surface area contributed by atoms with Crippen molar-refractivity contribution < 1.29 is 9.59 Å². The molecule has 2 heterocycles. The minimum absolute atomic E-state index is 0.0261. The molecule has 0 atom stereocenters. The van der Waals surface area contributed by atoms with Crippen molar-refractivity contribution in [2.45, 2.75) is 40.7 Å². The summed E-state index contributed by atoms with van der Waals surface area (Å²) in [6.45, 7) is 8.48. The highest BCUT2D eigenvalue weighted by Gasteiger charge is 2.15. The molecule has 8 heteroatoms. The molecule has 0 fully saturated rings. The van der Waals surface area contributed by atoms with E-state index >= 15 is 0 Å². The first kappa shape index (κ1) is 23.0. The van der Waals surface area contributed by atoms with Gasteiger partial charge in [-0.15, -0.1) is 11.3 Å². The van der Waals surface area contributed by atoms with E-state index in [1.165, 1.54) is 18.3 Å². The van der Waals surface area contributed by atoms with Crippen LogP contribution in [0.25, 0.3) is 17.3 Å². The van der Waals surface area contributed by atoms with E-state index in [0.29, 0.717) is 16.5 Å². The topological polar surface area (TPSA) is 99.8 Å². The summed E-state index contributed by atoms with van der Waals surface area (Å²) in [5, 5.41) is 17.2. The number of rotatable bonds is 7. The van der Waals surface area contributed by atoms with Gasteiger partial charge in [0.15, 0.2) is 5.13 Å². The number of hydrogen-bond donors (Lipinski definition) is 2. The van der Waals surface area contributed by atoms with Crippen LogP contribution in [0.5, 0.6) is 0 Å². The molecule has 7 nitrogen and oxygen atoms in total. The van der Waals surface area contributed by atoms with Crippen LogP contribution in [0.1, 0.15) is 37.2 Å². The summed E-state index contributed by atoms with van der Waals surface area (Å²) in [6.07, 6.45) is 2.63. The molecule has 1 aromatic carbocycles. The molecule has 3 aromatic rings. The normalized spacial score (nSPS) is 11.2. The number of hydrogen-bond acceptors (Lipinski definition) is 5. The van der Waals surface area contributed by atoms with Gasteiger partial charge in [-0.3, -0.25) is 14.9 Å². The van der Waals surface area contributed by atoms with E-state index in [9.17, 15) is 14.9 Å². The maximum absolute atomic E-state index is 12.7. The molecular formula is C24H25N5O2S. The van der Waals surface area contributed by atoms with Gasteiger partial charge in [0.05, 0.1) is 5.69 Å². The van der Waals surface area contributed by atoms with Crippen molar-refractivity contribution in [3.63, 3.8) is 0 Å². The zero-order valence-corrected chi connectivity index (χ0v) is 19.3. The van der Waals surface area contributed by atoms with Gasteiger partial charge in [0.25, 0.3) is 5.91 Å². The number of nitrogens with one attached hydrogen (secondary N) is 2. The predicted octanol–water partition coefficient (Wildman–Crippen LogP) is 5.14. The van der Waals surface area contributed by atoms with E-state index in [4.69, 9.17) is 0 Å². The van der Waals surface area contributed by atoms with Crippen molar-refractivity contribution in [3.05, 3.63) is 58.2 Å². The molecule has 0 radical (unpaired) electrons. The molecule has 0 saturated carbocycles. The highest BCUT2D eigenvalue weighted by atomic mass is 32.1. The Bertz CT molecular complexity index is 1210. The molecule has 0 aliphatic rings. The zero-order valence-electron chi connectivity index (χ0n) is 18.5. The summed E-state index contributed by atoms with van der Waals surface area (Å²) in [6, 6.07) is 11.3. The average Bonchev–Trinajstić information content (AvgIpc) is 3.32. The molecule has 2 N–H and O–H groups in total. The fourth-order valence-corrected chi connectivity index (χ4v) is 4.12. The number of thiazole rings is 1. The van der Waals surface area contributed by atoms with Gasteiger partial charge in [-0.2, -0.15) is 5.26 Å². The van der Waals surface area contributed by atoms with Crippen LogP contribution in [0.3, 0.4) is 0 Å². The second-order valence-electron chi connectivity index (χ2n) is 7.40. The fraction of sp³-hybridized carbons (Fsp3) is 0.250. The lowest BCUT2D eigenvalue weighted by Gasteiger charge is -2.07. The van der Waals surface area contributed by atoms with E-state index in [0.717, 1.165) is 35.5 Å². The smallest absolute Gasteiger partial charge is 0.268 e. The van der Waals surface area contributed by atoms with Crippen LogP contribution >= 0.6 is 11.3 Å². The third-order valence-electron chi connectivity index (χ3n) is 4.95. The van der Waals surface area contributed by atoms with Crippen LogP contribution < -0.4 is 10.6 Å². The molecule has 2 aromatic heterocycles. The molecule has 0 unspecified atom stereocenters. The van der Waals surface area contributed by atoms with Crippen molar-refractivity contribution in [3.8, 4) is 17.3 Å². The van der Waals surface area contributed by atoms with E-state index in [1.54, 1.807) is 18.2 Å². The molecule has 0 saturated heterocycles. The Morgan fingerprint density at radius 3 is 2.56 bits per heavy atom. The third-order valence-corrected chi connectivity index (χ3v) is 5.71. The van der Waals surface area contributed by atoms with E-state index < -0.39 is 5.91 Å². The molecular weight excluding hydrogens is 422 g/mol. The third kappa shape index (κ3) is 5.31. The van der Waals surface area contributed by atoms with E-state index in [2.05, 4.69) is 27.1 Å². The number of carbonyl (C=O) groups excluding carboxylic acids is 2. The van der Waals surface area contributed by atoms with Gasteiger partial charge in [0.1, 0.15) is 11.6 Å². The fourth-order valence-electron chi connectivity index (χ4n) is 3.40. The van der Waals surface area contributed by atoms with Crippen LogP contribution in [-0.4, -0.2) is 21.4 Å². The van der Waals surface area contributed by atoms with Crippen molar-refractivity contribution in [2.75, 3.05) is 10.6 Å². The Labute approximate surface area is 191 Å². The van der Waals surface area contributed by atoms with Crippen LogP contribution in [0, 0.1) is 25.2 Å². The maximum atomic E-state index is 12.7. The second-order valence-corrected chi connectivity index (χ2v) is 8.26. The monoisotopic (exact) mass is 447 g/mol. The highest BCUT2D eigenvalue weighted by molar-refractivity contribution is 7.14. The number of amides is 2. The highest BCUT2D eigenvalue weighted by Crippen LogP contribution is 2.26. The first-order valence-electron chi connectivity index (χ1n) is 10.3. The molecule has 3 rings (SSSR count). The number of nitriles is 1. The quantitative estimate of drug-likeness (QED) is 0.387. The summed E-state index contributed by atoms with van der Waals surface area (Å²) < 4.78 is 2.18. The summed E-state index contributed by atoms with van der Waals surface area (Å²) >= 11 is 1.28. The van der Waals surface area contributed by atoms with Gasteiger partial charge in [-0.25, -0.2) is 4.98 Å². The molecule has 0 bridgehead atoms. The number of benzene rings is 1. The number of nitrogens with zero attached hydrogens (tertiary/aromatic N) is 3. The van der Waals surface area contributed by atoms with Gasteiger partial charge in [0.2, 0.25) is 5.91 Å². The minimum Gasteiger partial charge on any atom is -0.349 e. The Hall–Kier alpha value is -3.70. The molecule has 0 spiro atoms. The molecule has 32 heavy (non-hydrogen) atoms. The molecule has 0 aliphatic heterocycles. The van der Waals surface area contributed by atoms with Gasteiger partial charge in [-0.05, 0) is 50.1 Å². The van der Waals surface area contributed by atoms with Crippen LogP contribution in [0.2, 0.25) is 0 Å². The van der Waals surface area contributed by atoms with E-state index in [-0.39, 0.29) is 11.5 Å². The SMILES string of the molecule is CCCn1c(C)cc(/C=C(\C#N)C(=O)Nc2nc(-c3ccc(NC(C)=O)cc3)cs2)c1C. The molecule has 164 valence electrons. The summed E-state index contributed by atoms with van der Waals surface area (Å²) in [4.78, 5) is 28.3. The van der Waals surface area contributed by atoms with Gasteiger partial charge in [0, 0.05) is 41.5 Å². The van der Waals surface area contributed by atoms with Gasteiger partial charge in [-0.1, -0.05) is 19.1 Å². The van der Waals surface area contributed by atoms with Crippen molar-refractivity contribution in [1.29, 1.82) is 5.26 Å². The maximum Gasteiger partial charge on any atom is 0.268 e. The Balaban J connectivity index is 1.75. The van der Waals surface area contributed by atoms with Gasteiger partial charge >= 0.3 is 0 Å². The molecule has 0 aliphatic carbocycles. The van der Waals surface area contributed by atoms with Crippen LogP contribution in [-0.2, 0) is 16.1 Å². The zero-order chi connectivity index (χ0) is 23.3. The molecule has 2 amide bonds. The van der Waals surface area contributed by atoms with Gasteiger partial charge < -0.3 is 9.88 Å². The predicted molar refractivity (Wildman–Crippen MR) is 128 cm³/mol. The van der Waals surface area contributed by atoms with E-state index in [1.807, 2.05) is 43.5 Å². The number of carbonyl (C=O) groups is 2. The lowest BCUT2D eigenvalue weighted by molar-refractivity contribution is -0.114. The first-order valence-corrected chi connectivity index (χ1v) is 11.1. The Morgan fingerprint density at radius 2 is 1.94 bits per heavy atom. The number of anilines is 2. The van der Waals surface area contributed by atoms with Crippen molar-refractivity contribution >= 4 is 40.0 Å². The van der Waals surface area contributed by atoms with Crippen LogP contribution in [0.4, 0.5) is 10.8 Å². The Morgan fingerprint density at radius 1 is 1.22 bits per heavy atom. The lowest BCUT2D eigenvalue weighted by atomic mass is 10.1. The average molecular weight is 448 g/mol. The second kappa shape index (κ2) is 10.1. The number of aryl methyl sites for hydroxylation is 1. The lowest BCUT2D eigenvalue weighted by Crippen LogP contribution is -2.13.